The predicted octanol–water partition coefficient (Wildman–Crippen LogP) is 8.51. The molecule has 0 atom stereocenters. The fourth-order valence-electron chi connectivity index (χ4n) is 5.18. The van der Waals surface area contributed by atoms with Crippen molar-refractivity contribution < 1.29 is 13.6 Å². The quantitative estimate of drug-likeness (QED) is 0.175. The first kappa shape index (κ1) is 28.5. The second-order valence-electron chi connectivity index (χ2n) is 10.3. The highest BCUT2D eigenvalue weighted by atomic mass is 35.5. The van der Waals surface area contributed by atoms with E-state index in [1.165, 1.54) is 29.5 Å². The number of carbonyl (C=O) groups excluding carboxylic acids is 1. The number of aromatic nitrogens is 6. The summed E-state index contributed by atoms with van der Waals surface area (Å²) >= 11 is 7.60. The molecule has 3 aromatic carbocycles. The van der Waals surface area contributed by atoms with Gasteiger partial charge in [0.2, 0.25) is 11.8 Å². The van der Waals surface area contributed by atoms with Gasteiger partial charge in [-0.15, -0.1) is 11.3 Å². The number of rotatable bonds is 7. The normalized spacial score (nSPS) is 11.3. The van der Waals surface area contributed by atoms with Crippen molar-refractivity contribution in [2.75, 3.05) is 10.6 Å². The van der Waals surface area contributed by atoms with Gasteiger partial charge in [0, 0.05) is 47.1 Å². The van der Waals surface area contributed by atoms with Crippen molar-refractivity contribution in [2.24, 2.45) is 0 Å². The van der Waals surface area contributed by atoms with Crippen LogP contribution in [0.15, 0.2) is 113 Å². The summed E-state index contributed by atoms with van der Waals surface area (Å²) in [5, 5.41) is 7.99. The minimum Gasteiger partial charge on any atom is -0.436 e. The molecule has 0 fully saturated rings. The number of benzene rings is 3. The molecule has 0 radical (unpaired) electrons. The van der Waals surface area contributed by atoms with Gasteiger partial charge in [-0.25, -0.2) is 24.3 Å². The molecule has 1 amide bonds. The number of oxazole rings is 1. The standard InChI is InChI=1S/C34H20ClFN8O2S/c35-23-7-2-8-24(36)28(23)31(45)39-21-6-1-4-19(16-21)29-30(44-14-15-47-34(44)43-29)25-11-13-38-33(42-25)40-22-9-10-27-26(17-22)41-32(46-27)20-5-3-12-37-18-20/h1-18H,(H,39,45)(H,38,40,42). The van der Waals surface area contributed by atoms with Crippen LogP contribution >= 0.6 is 22.9 Å². The molecule has 0 saturated heterocycles. The third kappa shape index (κ3) is 5.45. The van der Waals surface area contributed by atoms with Gasteiger partial charge < -0.3 is 15.1 Å². The number of imidazole rings is 1. The van der Waals surface area contributed by atoms with Crippen molar-refractivity contribution in [3.8, 4) is 34.1 Å². The average Bonchev–Trinajstić information content (AvgIpc) is 3.80. The number of nitrogens with zero attached hydrogens (tertiary/aromatic N) is 6. The van der Waals surface area contributed by atoms with Crippen molar-refractivity contribution in [1.82, 2.24) is 29.3 Å². The van der Waals surface area contributed by atoms with Gasteiger partial charge >= 0.3 is 0 Å². The zero-order chi connectivity index (χ0) is 31.9. The van der Waals surface area contributed by atoms with Crippen molar-refractivity contribution in [3.05, 3.63) is 125 Å². The molecule has 5 heterocycles. The SMILES string of the molecule is O=C(Nc1cccc(-c2nc3sccn3c2-c2ccnc(Nc3ccc4oc(-c5cccnc5)nc4c3)n2)c1)c1c(F)cccc1Cl. The summed E-state index contributed by atoms with van der Waals surface area (Å²) in [5.74, 6) is -0.501. The summed E-state index contributed by atoms with van der Waals surface area (Å²) in [4.78, 5) is 36.6. The molecule has 10 nitrogen and oxygen atoms in total. The maximum absolute atomic E-state index is 14.4. The predicted molar refractivity (Wildman–Crippen MR) is 179 cm³/mol. The molecule has 0 aliphatic rings. The van der Waals surface area contributed by atoms with Gasteiger partial charge in [-0.05, 0) is 60.7 Å². The van der Waals surface area contributed by atoms with E-state index in [4.69, 9.17) is 26.0 Å². The fourth-order valence-corrected chi connectivity index (χ4v) is 6.14. The third-order valence-electron chi connectivity index (χ3n) is 7.30. The number of pyridine rings is 1. The second-order valence-corrected chi connectivity index (χ2v) is 11.6. The van der Waals surface area contributed by atoms with Gasteiger partial charge in [0.05, 0.1) is 27.5 Å². The summed E-state index contributed by atoms with van der Waals surface area (Å²) in [7, 11) is 0. The first-order valence-electron chi connectivity index (χ1n) is 14.2. The number of nitrogens with one attached hydrogen (secondary N) is 2. The molecule has 0 bridgehead atoms. The van der Waals surface area contributed by atoms with E-state index in [0.29, 0.717) is 40.0 Å². The van der Waals surface area contributed by atoms with Gasteiger partial charge in [0.1, 0.15) is 17.0 Å². The van der Waals surface area contributed by atoms with Crippen LogP contribution in [0.4, 0.5) is 21.7 Å². The number of fused-ring (bicyclic) bond motifs is 2. The fraction of sp³-hybridized carbons (Fsp3) is 0. The Morgan fingerprint density at radius 2 is 1.81 bits per heavy atom. The monoisotopic (exact) mass is 658 g/mol. The highest BCUT2D eigenvalue weighted by molar-refractivity contribution is 7.15. The molecule has 5 aromatic heterocycles. The lowest BCUT2D eigenvalue weighted by molar-refractivity contribution is 0.102. The minimum absolute atomic E-state index is 0.0267. The number of hydrogen-bond donors (Lipinski definition) is 2. The molecule has 0 spiro atoms. The number of anilines is 3. The van der Waals surface area contributed by atoms with Crippen LogP contribution in [-0.4, -0.2) is 35.2 Å². The average molecular weight is 659 g/mol. The van der Waals surface area contributed by atoms with Gasteiger partial charge in [-0.3, -0.25) is 14.2 Å². The molecule has 0 unspecified atom stereocenters. The van der Waals surface area contributed by atoms with Crippen LogP contribution in [0.1, 0.15) is 10.4 Å². The topological polar surface area (TPSA) is 123 Å². The largest absolute Gasteiger partial charge is 0.436 e. The Labute approximate surface area is 274 Å². The number of carbonyl (C=O) groups is 1. The number of thiazole rings is 1. The molecule has 13 heteroatoms. The van der Waals surface area contributed by atoms with E-state index in [2.05, 4.69) is 25.6 Å². The van der Waals surface area contributed by atoms with E-state index in [-0.39, 0.29) is 10.6 Å². The van der Waals surface area contributed by atoms with Crippen LogP contribution in [0.5, 0.6) is 0 Å². The Balaban J connectivity index is 1.11. The zero-order valence-electron chi connectivity index (χ0n) is 24.1. The van der Waals surface area contributed by atoms with Crippen molar-refractivity contribution in [2.45, 2.75) is 0 Å². The van der Waals surface area contributed by atoms with Gasteiger partial charge in [0.25, 0.3) is 5.91 Å². The minimum atomic E-state index is -0.702. The highest BCUT2D eigenvalue weighted by Gasteiger charge is 2.20. The first-order valence-corrected chi connectivity index (χ1v) is 15.5. The Kier molecular flexibility index (Phi) is 7.12. The second kappa shape index (κ2) is 11.7. The Bertz CT molecular complexity index is 2420. The van der Waals surface area contributed by atoms with Crippen LogP contribution in [-0.2, 0) is 0 Å². The summed E-state index contributed by atoms with van der Waals surface area (Å²) in [6.45, 7) is 0. The van der Waals surface area contributed by atoms with E-state index in [1.807, 2.05) is 58.4 Å². The van der Waals surface area contributed by atoms with Crippen molar-refractivity contribution >= 4 is 62.2 Å². The molecule has 0 saturated carbocycles. The molecule has 0 aliphatic carbocycles. The summed E-state index contributed by atoms with van der Waals surface area (Å²) in [6.07, 6.45) is 6.99. The molecular formula is C34H20ClFN8O2S. The third-order valence-corrected chi connectivity index (χ3v) is 8.37. The lowest BCUT2D eigenvalue weighted by Crippen LogP contribution is -2.14. The molecule has 2 N–H and O–H groups in total. The molecule has 0 aliphatic heterocycles. The van der Waals surface area contributed by atoms with E-state index >= 15 is 0 Å². The Hall–Kier alpha value is -5.98. The van der Waals surface area contributed by atoms with Gasteiger partial charge in [0.15, 0.2) is 10.5 Å². The Morgan fingerprint density at radius 1 is 0.915 bits per heavy atom. The number of amides is 1. The molecule has 228 valence electrons. The summed E-state index contributed by atoms with van der Waals surface area (Å²) in [5.41, 5.74) is 5.79. The smallest absolute Gasteiger partial charge is 0.260 e. The van der Waals surface area contributed by atoms with Crippen LogP contribution in [0.3, 0.4) is 0 Å². The zero-order valence-corrected chi connectivity index (χ0v) is 25.6. The number of hydrogen-bond acceptors (Lipinski definition) is 9. The van der Waals surface area contributed by atoms with E-state index in [9.17, 15) is 9.18 Å². The molecule has 47 heavy (non-hydrogen) atoms. The molecule has 8 aromatic rings. The molecular weight excluding hydrogens is 639 g/mol. The van der Waals surface area contributed by atoms with Crippen LogP contribution in [0.2, 0.25) is 5.02 Å². The van der Waals surface area contributed by atoms with E-state index in [0.717, 1.165) is 27.5 Å². The highest BCUT2D eigenvalue weighted by Crippen LogP contribution is 2.35. The lowest BCUT2D eigenvalue weighted by atomic mass is 10.1. The van der Waals surface area contributed by atoms with E-state index < -0.39 is 11.7 Å². The molecule has 8 rings (SSSR count). The van der Waals surface area contributed by atoms with Crippen LogP contribution in [0, 0.1) is 5.82 Å². The van der Waals surface area contributed by atoms with Crippen molar-refractivity contribution in [3.63, 3.8) is 0 Å². The van der Waals surface area contributed by atoms with Crippen LogP contribution < -0.4 is 10.6 Å². The summed E-state index contributed by atoms with van der Waals surface area (Å²) in [6, 6.07) is 22.4. The maximum Gasteiger partial charge on any atom is 0.260 e. The first-order chi connectivity index (χ1) is 23.0. The maximum atomic E-state index is 14.4. The lowest BCUT2D eigenvalue weighted by Gasteiger charge is -2.10. The van der Waals surface area contributed by atoms with Crippen molar-refractivity contribution in [1.29, 1.82) is 0 Å². The van der Waals surface area contributed by atoms with E-state index in [1.54, 1.807) is 36.8 Å². The number of halogens is 2. The van der Waals surface area contributed by atoms with Gasteiger partial charge in [-0.2, -0.15) is 0 Å². The van der Waals surface area contributed by atoms with Gasteiger partial charge in [-0.1, -0.05) is 29.8 Å². The Morgan fingerprint density at radius 3 is 2.68 bits per heavy atom. The van der Waals surface area contributed by atoms with Crippen LogP contribution in [0.25, 0.3) is 50.2 Å². The summed E-state index contributed by atoms with van der Waals surface area (Å²) < 4.78 is 22.3.